The Balaban J connectivity index is 1.79. The zero-order valence-corrected chi connectivity index (χ0v) is 12.5. The van der Waals surface area contributed by atoms with Crippen molar-refractivity contribution in [3.05, 3.63) is 52.2 Å². The van der Waals surface area contributed by atoms with E-state index in [1.807, 2.05) is 5.38 Å². The van der Waals surface area contributed by atoms with Crippen molar-refractivity contribution in [2.75, 3.05) is 11.9 Å². The van der Waals surface area contributed by atoms with Crippen molar-refractivity contribution in [3.63, 3.8) is 0 Å². The Morgan fingerprint density at radius 1 is 1.13 bits per heavy atom. The SMILES string of the molecule is O=C(COC(=O)Cc1ccsc1)Nc1ccc(C(F)(F)F)cc1. The van der Waals surface area contributed by atoms with Gasteiger partial charge in [-0.1, -0.05) is 0 Å². The molecule has 0 aliphatic rings. The number of hydrogen-bond acceptors (Lipinski definition) is 4. The Bertz CT molecular complexity index is 666. The molecule has 0 fully saturated rings. The number of anilines is 1. The topological polar surface area (TPSA) is 55.4 Å². The average molecular weight is 343 g/mol. The number of thiophene rings is 1. The van der Waals surface area contributed by atoms with Gasteiger partial charge in [-0.3, -0.25) is 9.59 Å². The number of benzene rings is 1. The van der Waals surface area contributed by atoms with Crippen molar-refractivity contribution >= 4 is 28.9 Å². The smallest absolute Gasteiger partial charge is 0.416 e. The summed E-state index contributed by atoms with van der Waals surface area (Å²) < 4.78 is 42.0. The lowest BCUT2D eigenvalue weighted by molar-refractivity contribution is -0.146. The van der Waals surface area contributed by atoms with E-state index in [9.17, 15) is 22.8 Å². The van der Waals surface area contributed by atoms with E-state index in [1.54, 1.807) is 11.4 Å². The van der Waals surface area contributed by atoms with Crippen LogP contribution < -0.4 is 5.32 Å². The van der Waals surface area contributed by atoms with Crippen molar-refractivity contribution in [2.45, 2.75) is 12.6 Å². The number of halogens is 3. The van der Waals surface area contributed by atoms with Crippen molar-refractivity contribution in [1.29, 1.82) is 0 Å². The highest BCUT2D eigenvalue weighted by Gasteiger charge is 2.29. The molecule has 0 radical (unpaired) electrons. The molecule has 2 aromatic rings. The van der Waals surface area contributed by atoms with Gasteiger partial charge in [0.2, 0.25) is 0 Å². The van der Waals surface area contributed by atoms with Gasteiger partial charge in [-0.15, -0.1) is 0 Å². The summed E-state index contributed by atoms with van der Waals surface area (Å²) in [5.74, 6) is -1.17. The fourth-order valence-corrected chi connectivity index (χ4v) is 2.37. The summed E-state index contributed by atoms with van der Waals surface area (Å²) in [5, 5.41) is 5.97. The molecule has 0 aliphatic heterocycles. The second kappa shape index (κ2) is 7.28. The van der Waals surface area contributed by atoms with E-state index in [2.05, 4.69) is 5.32 Å². The van der Waals surface area contributed by atoms with Gasteiger partial charge < -0.3 is 10.1 Å². The standard InChI is InChI=1S/C15H12F3NO3S/c16-15(17,18)11-1-3-12(4-2-11)19-13(20)8-22-14(21)7-10-5-6-23-9-10/h1-6,9H,7-8H2,(H,19,20). The van der Waals surface area contributed by atoms with Crippen LogP contribution in [0.2, 0.25) is 0 Å². The van der Waals surface area contributed by atoms with Crippen LogP contribution in [-0.4, -0.2) is 18.5 Å². The molecule has 1 aromatic heterocycles. The molecule has 1 N–H and O–H groups in total. The van der Waals surface area contributed by atoms with Crippen LogP contribution in [0.25, 0.3) is 0 Å². The van der Waals surface area contributed by atoms with E-state index in [0.29, 0.717) is 0 Å². The van der Waals surface area contributed by atoms with Crippen molar-refractivity contribution < 1.29 is 27.5 Å². The predicted molar refractivity (Wildman–Crippen MR) is 79.1 cm³/mol. The quantitative estimate of drug-likeness (QED) is 0.846. The highest BCUT2D eigenvalue weighted by Crippen LogP contribution is 2.29. The third kappa shape index (κ3) is 5.41. The average Bonchev–Trinajstić information content (AvgIpc) is 2.98. The normalized spacial score (nSPS) is 11.1. The van der Waals surface area contributed by atoms with Gasteiger partial charge in [-0.25, -0.2) is 0 Å². The summed E-state index contributed by atoms with van der Waals surface area (Å²) in [4.78, 5) is 23.1. The number of nitrogens with one attached hydrogen (secondary N) is 1. The number of carbonyl (C=O) groups excluding carboxylic acids is 2. The molecular formula is C15H12F3NO3S. The molecule has 23 heavy (non-hydrogen) atoms. The number of hydrogen-bond donors (Lipinski definition) is 1. The summed E-state index contributed by atoms with van der Waals surface area (Å²) in [5.41, 5.74) is 0.178. The van der Waals surface area contributed by atoms with E-state index < -0.39 is 30.2 Å². The summed E-state index contributed by atoms with van der Waals surface area (Å²) in [6.07, 6.45) is -4.36. The molecule has 0 unspecified atom stereocenters. The number of esters is 1. The van der Waals surface area contributed by atoms with Crippen LogP contribution in [0, 0.1) is 0 Å². The number of amides is 1. The summed E-state index contributed by atoms with van der Waals surface area (Å²) in [6.45, 7) is -0.496. The fraction of sp³-hybridized carbons (Fsp3) is 0.200. The van der Waals surface area contributed by atoms with Gasteiger partial charge in [-0.2, -0.15) is 24.5 Å². The molecule has 1 heterocycles. The number of ether oxygens (including phenoxy) is 1. The van der Waals surface area contributed by atoms with Crippen molar-refractivity contribution in [2.24, 2.45) is 0 Å². The van der Waals surface area contributed by atoms with Gasteiger partial charge in [0.15, 0.2) is 6.61 Å². The van der Waals surface area contributed by atoms with Crippen LogP contribution in [-0.2, 0) is 26.9 Å². The first kappa shape index (κ1) is 17.0. The van der Waals surface area contributed by atoms with E-state index in [1.165, 1.54) is 11.3 Å². The predicted octanol–water partition coefficient (Wildman–Crippen LogP) is 3.49. The fourth-order valence-electron chi connectivity index (χ4n) is 1.70. The van der Waals surface area contributed by atoms with E-state index in [0.717, 1.165) is 29.8 Å². The molecule has 2 rings (SSSR count). The molecule has 0 saturated heterocycles. The van der Waals surface area contributed by atoms with Crippen LogP contribution in [0.15, 0.2) is 41.1 Å². The van der Waals surface area contributed by atoms with Gasteiger partial charge in [0, 0.05) is 5.69 Å². The molecular weight excluding hydrogens is 331 g/mol. The summed E-state index contributed by atoms with van der Waals surface area (Å²) >= 11 is 1.44. The highest BCUT2D eigenvalue weighted by molar-refractivity contribution is 7.07. The van der Waals surface area contributed by atoms with Gasteiger partial charge in [0.1, 0.15) is 0 Å². The number of carbonyl (C=O) groups is 2. The maximum absolute atomic E-state index is 12.4. The van der Waals surface area contributed by atoms with Gasteiger partial charge in [0.05, 0.1) is 12.0 Å². The first-order valence-corrected chi connectivity index (χ1v) is 7.42. The lowest BCUT2D eigenvalue weighted by atomic mass is 10.2. The van der Waals surface area contributed by atoms with Gasteiger partial charge in [0.25, 0.3) is 5.91 Å². The first-order chi connectivity index (χ1) is 10.8. The van der Waals surface area contributed by atoms with Gasteiger partial charge in [-0.05, 0) is 46.7 Å². The van der Waals surface area contributed by atoms with Crippen LogP contribution >= 0.6 is 11.3 Å². The van der Waals surface area contributed by atoms with E-state index >= 15 is 0 Å². The first-order valence-electron chi connectivity index (χ1n) is 6.48. The zero-order chi connectivity index (χ0) is 16.9. The van der Waals surface area contributed by atoms with Crippen LogP contribution in [0.4, 0.5) is 18.9 Å². The molecule has 0 atom stereocenters. The van der Waals surface area contributed by atoms with E-state index in [-0.39, 0.29) is 12.1 Å². The Labute approximate surface area is 133 Å². The molecule has 1 aromatic carbocycles. The molecule has 0 aliphatic carbocycles. The maximum atomic E-state index is 12.4. The summed E-state index contributed by atoms with van der Waals surface area (Å²) in [7, 11) is 0. The zero-order valence-electron chi connectivity index (χ0n) is 11.7. The monoisotopic (exact) mass is 343 g/mol. The van der Waals surface area contributed by atoms with Gasteiger partial charge >= 0.3 is 12.1 Å². The molecule has 0 spiro atoms. The largest absolute Gasteiger partial charge is 0.455 e. The summed E-state index contributed by atoms with van der Waals surface area (Å²) in [6, 6.07) is 5.76. The Morgan fingerprint density at radius 2 is 1.83 bits per heavy atom. The molecule has 1 amide bonds. The lowest BCUT2D eigenvalue weighted by Gasteiger charge is -2.09. The lowest BCUT2D eigenvalue weighted by Crippen LogP contribution is -2.21. The minimum absolute atomic E-state index is 0.0665. The molecule has 122 valence electrons. The third-order valence-corrected chi connectivity index (χ3v) is 3.52. The molecule has 8 heteroatoms. The minimum atomic E-state index is -4.43. The van der Waals surface area contributed by atoms with Crippen LogP contribution in [0.1, 0.15) is 11.1 Å². The van der Waals surface area contributed by atoms with Crippen LogP contribution in [0.3, 0.4) is 0 Å². The number of rotatable bonds is 5. The third-order valence-electron chi connectivity index (χ3n) is 2.79. The van der Waals surface area contributed by atoms with E-state index in [4.69, 9.17) is 4.74 Å². The Morgan fingerprint density at radius 3 is 2.39 bits per heavy atom. The Kier molecular flexibility index (Phi) is 5.38. The Hall–Kier alpha value is -2.35. The highest BCUT2D eigenvalue weighted by atomic mass is 32.1. The minimum Gasteiger partial charge on any atom is -0.455 e. The number of alkyl halides is 3. The van der Waals surface area contributed by atoms with Crippen molar-refractivity contribution in [3.8, 4) is 0 Å². The second-order valence-electron chi connectivity index (χ2n) is 4.59. The van der Waals surface area contributed by atoms with Crippen molar-refractivity contribution in [1.82, 2.24) is 0 Å². The molecule has 4 nitrogen and oxygen atoms in total. The molecule has 0 saturated carbocycles. The second-order valence-corrected chi connectivity index (χ2v) is 5.37. The van der Waals surface area contributed by atoms with Crippen LogP contribution in [0.5, 0.6) is 0 Å². The maximum Gasteiger partial charge on any atom is 0.416 e. The molecule has 0 bridgehead atoms.